The molecule has 8 nitrogen and oxygen atoms in total. The summed E-state index contributed by atoms with van der Waals surface area (Å²) in [6.45, 7) is 3.94. The van der Waals surface area contributed by atoms with E-state index in [1.165, 1.54) is 0 Å². The van der Waals surface area contributed by atoms with Crippen molar-refractivity contribution in [3.8, 4) is 0 Å². The van der Waals surface area contributed by atoms with Crippen molar-refractivity contribution in [1.29, 1.82) is 0 Å². The van der Waals surface area contributed by atoms with Gasteiger partial charge in [-0.25, -0.2) is 4.79 Å². The molecule has 3 rings (SSSR count). The Hall–Kier alpha value is -2.90. The number of nitrogens with one attached hydrogen (secondary N) is 2. The van der Waals surface area contributed by atoms with Crippen molar-refractivity contribution >= 4 is 35.1 Å². The molecule has 5 amide bonds. The van der Waals surface area contributed by atoms with Crippen LogP contribution in [0.5, 0.6) is 0 Å². The van der Waals surface area contributed by atoms with E-state index in [0.29, 0.717) is 18.7 Å². The Balaban J connectivity index is 1.58. The zero-order valence-electron chi connectivity index (χ0n) is 14.9. The van der Waals surface area contributed by atoms with Gasteiger partial charge in [-0.15, -0.1) is 0 Å². The van der Waals surface area contributed by atoms with E-state index in [4.69, 9.17) is 0 Å². The number of rotatable bonds is 5. The molecule has 2 saturated heterocycles. The summed E-state index contributed by atoms with van der Waals surface area (Å²) in [6.07, 6.45) is 1.37. The molecule has 0 unspecified atom stereocenters. The summed E-state index contributed by atoms with van der Waals surface area (Å²) < 4.78 is 0. The van der Waals surface area contributed by atoms with Gasteiger partial charge in [0.15, 0.2) is 0 Å². The van der Waals surface area contributed by atoms with E-state index in [-0.39, 0.29) is 30.7 Å². The van der Waals surface area contributed by atoms with E-state index in [0.717, 1.165) is 17.0 Å². The third kappa shape index (κ3) is 3.54. The van der Waals surface area contributed by atoms with Gasteiger partial charge in [0.25, 0.3) is 5.91 Å². The van der Waals surface area contributed by atoms with E-state index >= 15 is 0 Å². The summed E-state index contributed by atoms with van der Waals surface area (Å²) in [5.74, 6) is -0.570. The van der Waals surface area contributed by atoms with Crippen molar-refractivity contribution in [3.05, 3.63) is 24.3 Å². The third-order valence-electron chi connectivity index (χ3n) is 4.52. The van der Waals surface area contributed by atoms with E-state index in [2.05, 4.69) is 10.6 Å². The molecule has 2 heterocycles. The number of carbonyl (C=O) groups is 4. The number of benzene rings is 1. The van der Waals surface area contributed by atoms with Crippen molar-refractivity contribution in [2.75, 3.05) is 23.3 Å². The molecule has 2 fully saturated rings. The molecule has 1 aromatic carbocycles. The molecule has 2 N–H and O–H groups in total. The van der Waals surface area contributed by atoms with Gasteiger partial charge in [0.05, 0.1) is 0 Å². The van der Waals surface area contributed by atoms with Crippen LogP contribution in [0.1, 0.15) is 33.1 Å². The van der Waals surface area contributed by atoms with Gasteiger partial charge in [0.2, 0.25) is 11.8 Å². The highest BCUT2D eigenvalue weighted by Crippen LogP contribution is 2.24. The molecule has 2 aliphatic rings. The van der Waals surface area contributed by atoms with Gasteiger partial charge in [0.1, 0.15) is 5.54 Å². The zero-order valence-corrected chi connectivity index (χ0v) is 14.9. The Kier molecular flexibility index (Phi) is 4.67. The first kappa shape index (κ1) is 17.9. The summed E-state index contributed by atoms with van der Waals surface area (Å²) >= 11 is 0. The van der Waals surface area contributed by atoms with Crippen LogP contribution in [0, 0.1) is 0 Å². The minimum atomic E-state index is -0.940. The largest absolute Gasteiger partial charge is 0.326 e. The van der Waals surface area contributed by atoms with E-state index in [1.54, 1.807) is 36.9 Å². The Morgan fingerprint density at radius 2 is 2.04 bits per heavy atom. The van der Waals surface area contributed by atoms with Crippen LogP contribution in [0.2, 0.25) is 0 Å². The number of imide groups is 1. The molecule has 138 valence electrons. The number of hydrogen-bond acceptors (Lipinski definition) is 4. The molecule has 0 spiro atoms. The van der Waals surface area contributed by atoms with Gasteiger partial charge in [-0.1, -0.05) is 6.07 Å². The van der Waals surface area contributed by atoms with E-state index in [1.807, 2.05) is 6.07 Å². The second-order valence-corrected chi connectivity index (χ2v) is 7.01. The monoisotopic (exact) mass is 358 g/mol. The van der Waals surface area contributed by atoms with Crippen molar-refractivity contribution in [3.63, 3.8) is 0 Å². The maximum absolute atomic E-state index is 12.2. The average Bonchev–Trinajstić information content (AvgIpc) is 3.08. The first-order chi connectivity index (χ1) is 12.3. The first-order valence-corrected chi connectivity index (χ1v) is 8.62. The molecule has 1 aromatic rings. The Labute approximate surface area is 151 Å². The minimum absolute atomic E-state index is 0.00210. The van der Waals surface area contributed by atoms with Gasteiger partial charge in [0, 0.05) is 37.3 Å². The smallest absolute Gasteiger partial charge is 0.325 e. The fraction of sp³-hybridized carbons (Fsp3) is 0.444. The highest BCUT2D eigenvalue weighted by Gasteiger charge is 2.43. The first-order valence-electron chi connectivity index (χ1n) is 8.62. The van der Waals surface area contributed by atoms with Gasteiger partial charge in [-0.2, -0.15) is 0 Å². The summed E-state index contributed by atoms with van der Waals surface area (Å²) in [6, 6.07) is 6.60. The van der Waals surface area contributed by atoms with E-state index in [9.17, 15) is 19.2 Å². The molecule has 0 atom stereocenters. The lowest BCUT2D eigenvalue weighted by atomic mass is 10.1. The van der Waals surface area contributed by atoms with Crippen molar-refractivity contribution in [1.82, 2.24) is 10.2 Å². The molecule has 0 aliphatic carbocycles. The Morgan fingerprint density at radius 3 is 2.65 bits per heavy atom. The van der Waals surface area contributed by atoms with E-state index < -0.39 is 11.6 Å². The predicted octanol–water partition coefficient (Wildman–Crippen LogP) is 1.47. The van der Waals surface area contributed by atoms with Crippen molar-refractivity contribution < 1.29 is 19.2 Å². The Bertz CT molecular complexity index is 774. The summed E-state index contributed by atoms with van der Waals surface area (Å²) in [4.78, 5) is 50.7. The van der Waals surface area contributed by atoms with Crippen molar-refractivity contribution in [2.45, 2.75) is 38.6 Å². The summed E-state index contributed by atoms with van der Waals surface area (Å²) in [5, 5.41) is 5.33. The average molecular weight is 358 g/mol. The number of urea groups is 1. The second kappa shape index (κ2) is 6.78. The maximum Gasteiger partial charge on any atom is 0.325 e. The molecular formula is C18H22N4O4. The predicted molar refractivity (Wildman–Crippen MR) is 95.6 cm³/mol. The highest BCUT2D eigenvalue weighted by atomic mass is 16.2. The highest BCUT2D eigenvalue weighted by molar-refractivity contribution is 6.07. The SMILES string of the molecule is CC1(C)NC(=O)N(CCC(=O)Nc2cccc(N3CCCC3=O)c2)C1=O. The molecule has 8 heteroatoms. The number of nitrogens with zero attached hydrogens (tertiary/aromatic N) is 2. The fourth-order valence-corrected chi connectivity index (χ4v) is 3.13. The van der Waals surface area contributed by atoms with Crippen LogP contribution in [0.4, 0.5) is 16.2 Å². The molecule has 0 bridgehead atoms. The lowest BCUT2D eigenvalue weighted by molar-refractivity contribution is -0.130. The second-order valence-electron chi connectivity index (χ2n) is 7.01. The number of anilines is 2. The molecular weight excluding hydrogens is 336 g/mol. The lowest BCUT2D eigenvalue weighted by Crippen LogP contribution is -2.40. The number of amides is 5. The fourth-order valence-electron chi connectivity index (χ4n) is 3.13. The van der Waals surface area contributed by atoms with Crippen LogP contribution in [0.15, 0.2) is 24.3 Å². The van der Waals surface area contributed by atoms with Crippen LogP contribution < -0.4 is 15.5 Å². The Morgan fingerprint density at radius 1 is 1.27 bits per heavy atom. The maximum atomic E-state index is 12.2. The molecule has 2 aliphatic heterocycles. The molecule has 0 aromatic heterocycles. The van der Waals surface area contributed by atoms with Crippen LogP contribution in [0.25, 0.3) is 0 Å². The third-order valence-corrected chi connectivity index (χ3v) is 4.52. The van der Waals surface area contributed by atoms with Gasteiger partial charge in [-0.05, 0) is 38.5 Å². The molecule has 26 heavy (non-hydrogen) atoms. The minimum Gasteiger partial charge on any atom is -0.326 e. The van der Waals surface area contributed by atoms with Crippen LogP contribution >= 0.6 is 0 Å². The van der Waals surface area contributed by atoms with Crippen molar-refractivity contribution in [2.24, 2.45) is 0 Å². The van der Waals surface area contributed by atoms with Gasteiger partial charge < -0.3 is 15.5 Å². The van der Waals surface area contributed by atoms with Crippen LogP contribution in [-0.4, -0.2) is 47.3 Å². The van der Waals surface area contributed by atoms with Gasteiger partial charge in [-0.3, -0.25) is 19.3 Å². The molecule has 0 radical (unpaired) electrons. The summed E-state index contributed by atoms with van der Waals surface area (Å²) in [7, 11) is 0. The topological polar surface area (TPSA) is 98.8 Å². The summed E-state index contributed by atoms with van der Waals surface area (Å²) in [5.41, 5.74) is 0.385. The van der Waals surface area contributed by atoms with Gasteiger partial charge >= 0.3 is 6.03 Å². The standard InChI is InChI=1S/C18H22N4O4/c1-18(2)16(25)22(17(26)20-18)10-8-14(23)19-12-5-3-6-13(11-12)21-9-4-7-15(21)24/h3,5-6,11H,4,7-10H2,1-2H3,(H,19,23)(H,20,26). The number of carbonyl (C=O) groups excluding carboxylic acids is 4. The quantitative estimate of drug-likeness (QED) is 0.779. The molecule has 0 saturated carbocycles. The lowest BCUT2D eigenvalue weighted by Gasteiger charge is -2.17. The number of hydrogen-bond donors (Lipinski definition) is 2. The normalized spacial score (nSPS) is 19.1. The van der Waals surface area contributed by atoms with Crippen LogP contribution in [-0.2, 0) is 14.4 Å². The van der Waals surface area contributed by atoms with Crippen LogP contribution in [0.3, 0.4) is 0 Å². The zero-order chi connectivity index (χ0) is 18.9.